The molecule has 122 valence electrons. The van der Waals surface area contributed by atoms with E-state index in [1.807, 2.05) is 0 Å². The van der Waals surface area contributed by atoms with E-state index in [0.717, 1.165) is 52.2 Å². The van der Waals surface area contributed by atoms with Crippen LogP contribution in [0.25, 0.3) is 0 Å². The van der Waals surface area contributed by atoms with Crippen LogP contribution >= 0.6 is 0 Å². The third-order valence-electron chi connectivity index (χ3n) is 4.68. The van der Waals surface area contributed by atoms with Crippen LogP contribution in [-0.4, -0.2) is 84.7 Å². The minimum Gasteiger partial charge on any atom is -0.396 e. The van der Waals surface area contributed by atoms with E-state index in [-0.39, 0.29) is 6.61 Å². The topological polar surface area (TPSA) is 47.0 Å². The van der Waals surface area contributed by atoms with E-state index in [1.54, 1.807) is 0 Å². The van der Waals surface area contributed by atoms with Gasteiger partial charge in [0.25, 0.3) is 0 Å². The van der Waals surface area contributed by atoms with E-state index in [1.165, 1.54) is 6.42 Å². The summed E-state index contributed by atoms with van der Waals surface area (Å²) in [6.07, 6.45) is 2.09. The highest BCUT2D eigenvalue weighted by Gasteiger charge is 2.27. The number of carbonyl (C=O) groups is 1. The Kier molecular flexibility index (Phi) is 6.45. The summed E-state index contributed by atoms with van der Waals surface area (Å²) < 4.78 is 0. The van der Waals surface area contributed by atoms with Gasteiger partial charge in [-0.05, 0) is 24.7 Å². The fraction of sp³-hybridized carbons (Fsp3) is 0.938. The first kappa shape index (κ1) is 16.7. The summed E-state index contributed by atoms with van der Waals surface area (Å²) >= 11 is 0. The standard InChI is InChI=1S/C16H31N3O2/c1-14-10-15(2)12-19(11-14)16(21)13-18-7-5-17(6-8-18)4-3-9-20/h14-15,20H,3-13H2,1-2H3. The van der Waals surface area contributed by atoms with Gasteiger partial charge in [0.05, 0.1) is 6.54 Å². The lowest BCUT2D eigenvalue weighted by molar-refractivity contribution is -0.135. The van der Waals surface area contributed by atoms with Crippen molar-refractivity contribution >= 4 is 5.91 Å². The van der Waals surface area contributed by atoms with E-state index >= 15 is 0 Å². The number of hydrogen-bond acceptors (Lipinski definition) is 4. The normalized spacial score (nSPS) is 28.8. The third-order valence-corrected chi connectivity index (χ3v) is 4.68. The van der Waals surface area contributed by atoms with E-state index in [2.05, 4.69) is 28.5 Å². The molecule has 0 aromatic carbocycles. The van der Waals surface area contributed by atoms with Gasteiger partial charge in [0, 0.05) is 52.4 Å². The van der Waals surface area contributed by atoms with Crippen molar-refractivity contribution in [2.45, 2.75) is 26.7 Å². The quantitative estimate of drug-likeness (QED) is 0.802. The first-order valence-electron chi connectivity index (χ1n) is 8.42. The number of hydrogen-bond donors (Lipinski definition) is 1. The van der Waals surface area contributed by atoms with E-state index in [9.17, 15) is 4.79 Å². The fourth-order valence-electron chi connectivity index (χ4n) is 3.62. The Labute approximate surface area is 128 Å². The Hall–Kier alpha value is -0.650. The molecule has 2 fully saturated rings. The minimum absolute atomic E-state index is 0.268. The number of piperidine rings is 1. The Bertz CT molecular complexity index is 319. The Morgan fingerprint density at radius 3 is 2.19 bits per heavy atom. The number of carbonyl (C=O) groups excluding carboxylic acids is 1. The Morgan fingerprint density at radius 1 is 1.05 bits per heavy atom. The summed E-state index contributed by atoms with van der Waals surface area (Å²) in [6.45, 7) is 12.1. The molecule has 0 bridgehead atoms. The molecule has 2 aliphatic rings. The molecule has 1 N–H and O–H groups in total. The molecule has 2 atom stereocenters. The van der Waals surface area contributed by atoms with Gasteiger partial charge in [-0.2, -0.15) is 0 Å². The van der Waals surface area contributed by atoms with Crippen LogP contribution in [0.3, 0.4) is 0 Å². The van der Waals surface area contributed by atoms with Crippen molar-refractivity contribution in [3.05, 3.63) is 0 Å². The van der Waals surface area contributed by atoms with Crippen LogP contribution in [0.2, 0.25) is 0 Å². The van der Waals surface area contributed by atoms with Gasteiger partial charge < -0.3 is 14.9 Å². The monoisotopic (exact) mass is 297 g/mol. The number of likely N-dealkylation sites (tertiary alicyclic amines) is 1. The van der Waals surface area contributed by atoms with Crippen molar-refractivity contribution in [1.29, 1.82) is 0 Å². The lowest BCUT2D eigenvalue weighted by Crippen LogP contribution is -2.52. The first-order valence-corrected chi connectivity index (χ1v) is 8.42. The predicted molar refractivity (Wildman–Crippen MR) is 84.1 cm³/mol. The molecule has 5 nitrogen and oxygen atoms in total. The highest BCUT2D eigenvalue weighted by molar-refractivity contribution is 5.78. The molecule has 2 saturated heterocycles. The molecular weight excluding hydrogens is 266 g/mol. The molecule has 2 unspecified atom stereocenters. The molecule has 0 aliphatic carbocycles. The van der Waals surface area contributed by atoms with Crippen molar-refractivity contribution in [3.63, 3.8) is 0 Å². The summed E-state index contributed by atoms with van der Waals surface area (Å²) in [6, 6.07) is 0. The summed E-state index contributed by atoms with van der Waals surface area (Å²) in [7, 11) is 0. The van der Waals surface area contributed by atoms with Crippen LogP contribution < -0.4 is 0 Å². The highest BCUT2D eigenvalue weighted by atomic mass is 16.3. The minimum atomic E-state index is 0.268. The lowest BCUT2D eigenvalue weighted by Gasteiger charge is -2.38. The van der Waals surface area contributed by atoms with Gasteiger partial charge in [-0.25, -0.2) is 0 Å². The van der Waals surface area contributed by atoms with Crippen molar-refractivity contribution < 1.29 is 9.90 Å². The number of piperazine rings is 1. The van der Waals surface area contributed by atoms with Gasteiger partial charge in [0.1, 0.15) is 0 Å². The maximum Gasteiger partial charge on any atom is 0.236 e. The molecule has 21 heavy (non-hydrogen) atoms. The number of rotatable bonds is 5. The van der Waals surface area contributed by atoms with Crippen LogP contribution in [0.1, 0.15) is 26.7 Å². The van der Waals surface area contributed by atoms with Gasteiger partial charge in [-0.15, -0.1) is 0 Å². The summed E-state index contributed by atoms with van der Waals surface area (Å²) in [5.74, 6) is 1.57. The number of amides is 1. The zero-order valence-corrected chi connectivity index (χ0v) is 13.6. The van der Waals surface area contributed by atoms with Gasteiger partial charge in [-0.1, -0.05) is 13.8 Å². The van der Waals surface area contributed by atoms with Crippen LogP contribution in [-0.2, 0) is 4.79 Å². The zero-order chi connectivity index (χ0) is 15.2. The molecule has 0 aromatic rings. The second-order valence-electron chi connectivity index (χ2n) is 6.94. The van der Waals surface area contributed by atoms with Gasteiger partial charge in [0.2, 0.25) is 5.91 Å². The maximum atomic E-state index is 12.4. The smallest absolute Gasteiger partial charge is 0.236 e. The summed E-state index contributed by atoms with van der Waals surface area (Å²) in [5, 5.41) is 8.87. The van der Waals surface area contributed by atoms with Crippen molar-refractivity contribution in [1.82, 2.24) is 14.7 Å². The molecule has 1 amide bonds. The number of aliphatic hydroxyl groups is 1. The summed E-state index contributed by atoms with van der Waals surface area (Å²) in [4.78, 5) is 19.2. The highest BCUT2D eigenvalue weighted by Crippen LogP contribution is 2.21. The second kappa shape index (κ2) is 8.11. The number of nitrogens with zero attached hydrogens (tertiary/aromatic N) is 3. The molecule has 0 aromatic heterocycles. The SMILES string of the molecule is CC1CC(C)CN(C(=O)CN2CCN(CCCO)CC2)C1. The Balaban J connectivity index is 1.71. The van der Waals surface area contributed by atoms with Crippen LogP contribution in [0.5, 0.6) is 0 Å². The second-order valence-corrected chi connectivity index (χ2v) is 6.94. The Morgan fingerprint density at radius 2 is 1.62 bits per heavy atom. The molecule has 2 aliphatic heterocycles. The molecule has 2 heterocycles. The van der Waals surface area contributed by atoms with Crippen molar-refractivity contribution in [2.24, 2.45) is 11.8 Å². The van der Waals surface area contributed by atoms with E-state index < -0.39 is 0 Å². The summed E-state index contributed by atoms with van der Waals surface area (Å²) in [5.41, 5.74) is 0. The van der Waals surface area contributed by atoms with Gasteiger partial charge in [-0.3, -0.25) is 9.69 Å². The van der Waals surface area contributed by atoms with Crippen LogP contribution in [0, 0.1) is 11.8 Å². The predicted octanol–water partition coefficient (Wildman–Crippen LogP) is 0.491. The van der Waals surface area contributed by atoms with Crippen molar-refractivity contribution in [3.8, 4) is 0 Å². The van der Waals surface area contributed by atoms with Gasteiger partial charge >= 0.3 is 0 Å². The van der Waals surface area contributed by atoms with Crippen molar-refractivity contribution in [2.75, 3.05) is 59.0 Å². The van der Waals surface area contributed by atoms with Crippen LogP contribution in [0.4, 0.5) is 0 Å². The zero-order valence-electron chi connectivity index (χ0n) is 13.6. The molecule has 0 saturated carbocycles. The van der Waals surface area contributed by atoms with Gasteiger partial charge in [0.15, 0.2) is 0 Å². The van der Waals surface area contributed by atoms with E-state index in [0.29, 0.717) is 24.3 Å². The molecule has 5 heteroatoms. The fourth-order valence-corrected chi connectivity index (χ4v) is 3.62. The average molecular weight is 297 g/mol. The number of aliphatic hydroxyl groups excluding tert-OH is 1. The largest absolute Gasteiger partial charge is 0.396 e. The first-order chi connectivity index (χ1) is 10.1. The molecule has 0 radical (unpaired) electrons. The average Bonchev–Trinajstić information content (AvgIpc) is 2.45. The lowest BCUT2D eigenvalue weighted by atomic mass is 9.92. The third kappa shape index (κ3) is 5.24. The molecular formula is C16H31N3O2. The molecule has 2 rings (SSSR count). The van der Waals surface area contributed by atoms with Crippen LogP contribution in [0.15, 0.2) is 0 Å². The molecule has 0 spiro atoms. The maximum absolute atomic E-state index is 12.4. The van der Waals surface area contributed by atoms with E-state index in [4.69, 9.17) is 5.11 Å².